The van der Waals surface area contributed by atoms with Crippen LogP contribution in [0, 0.1) is 5.82 Å². The minimum atomic E-state index is -4.52. The minimum Gasteiger partial charge on any atom is -0.415 e. The second-order valence-corrected chi connectivity index (χ2v) is 8.31. The summed E-state index contributed by atoms with van der Waals surface area (Å²) in [6.07, 6.45) is -5.64. The first-order chi connectivity index (χ1) is 18.0. The maximum absolute atomic E-state index is 15.2. The topological polar surface area (TPSA) is 75.4 Å². The first kappa shape index (κ1) is 26.6. The van der Waals surface area contributed by atoms with Gasteiger partial charge in [-0.25, -0.2) is 4.39 Å². The van der Waals surface area contributed by atoms with Crippen molar-refractivity contribution < 1.29 is 35.6 Å². The number of aromatic nitrogens is 3. The van der Waals surface area contributed by atoms with E-state index in [2.05, 4.69) is 15.2 Å². The van der Waals surface area contributed by atoms with Gasteiger partial charge in [-0.3, -0.25) is 9.78 Å². The fraction of sp³-hybridized carbons (Fsp3) is 0.200. The van der Waals surface area contributed by atoms with E-state index >= 15 is 4.39 Å². The second-order valence-electron chi connectivity index (χ2n) is 8.31. The highest BCUT2D eigenvalue weighted by atomic mass is 19.4. The van der Waals surface area contributed by atoms with E-state index in [1.54, 1.807) is 19.0 Å². The monoisotopic (exact) mass is 535 g/mol. The summed E-state index contributed by atoms with van der Waals surface area (Å²) in [6, 6.07) is 9.66. The highest BCUT2D eigenvalue weighted by Crippen LogP contribution is 2.37. The van der Waals surface area contributed by atoms with Gasteiger partial charge in [0.2, 0.25) is 12.3 Å². The predicted octanol–water partition coefficient (Wildman–Crippen LogP) is 6.12. The molecule has 7 nitrogen and oxygen atoms in total. The number of halogens is 6. The third-order valence-corrected chi connectivity index (χ3v) is 5.54. The molecule has 0 unspecified atom stereocenters. The van der Waals surface area contributed by atoms with Crippen molar-refractivity contribution in [2.24, 2.45) is 0 Å². The highest BCUT2D eigenvalue weighted by molar-refractivity contribution is 5.87. The Bertz CT molecular complexity index is 1420. The van der Waals surface area contributed by atoms with E-state index in [1.807, 2.05) is 0 Å². The summed E-state index contributed by atoms with van der Waals surface area (Å²) < 4.78 is 84.1. The maximum Gasteiger partial charge on any atom is 0.416 e. The van der Waals surface area contributed by atoms with Crippen LogP contribution in [0.25, 0.3) is 22.6 Å². The van der Waals surface area contributed by atoms with Crippen molar-refractivity contribution in [3.05, 3.63) is 77.7 Å². The second kappa shape index (κ2) is 10.5. The van der Waals surface area contributed by atoms with Gasteiger partial charge in [0.05, 0.1) is 34.7 Å². The van der Waals surface area contributed by atoms with E-state index in [0.29, 0.717) is 17.8 Å². The third kappa shape index (κ3) is 5.61. The Morgan fingerprint density at radius 2 is 1.66 bits per heavy atom. The molecule has 0 aliphatic heterocycles. The summed E-state index contributed by atoms with van der Waals surface area (Å²) in [6.45, 7) is -0.0736. The Labute approximate surface area is 212 Å². The summed E-state index contributed by atoms with van der Waals surface area (Å²) in [5.41, 5.74) is 0.722. The van der Waals surface area contributed by atoms with Crippen molar-refractivity contribution in [3.8, 4) is 22.6 Å². The molecule has 2 heterocycles. The zero-order valence-electron chi connectivity index (χ0n) is 19.9. The smallest absolute Gasteiger partial charge is 0.415 e. The first-order valence-corrected chi connectivity index (χ1v) is 10.9. The molecule has 0 saturated heterocycles. The summed E-state index contributed by atoms with van der Waals surface area (Å²) >= 11 is 0. The highest BCUT2D eigenvalue weighted by Gasteiger charge is 2.30. The van der Waals surface area contributed by atoms with Crippen molar-refractivity contribution in [1.29, 1.82) is 0 Å². The van der Waals surface area contributed by atoms with Crippen LogP contribution in [0.4, 0.5) is 37.7 Å². The normalized spacial score (nSPS) is 11.6. The van der Waals surface area contributed by atoms with Crippen LogP contribution < -0.4 is 9.80 Å². The van der Waals surface area contributed by atoms with Gasteiger partial charge in [-0.15, -0.1) is 10.2 Å². The number of pyridine rings is 1. The van der Waals surface area contributed by atoms with Crippen molar-refractivity contribution in [1.82, 2.24) is 15.2 Å². The average Bonchev–Trinajstić information content (AvgIpc) is 3.38. The number of hydrogen-bond acceptors (Lipinski definition) is 6. The summed E-state index contributed by atoms with van der Waals surface area (Å²) in [4.78, 5) is 19.0. The molecule has 1 amide bonds. The van der Waals surface area contributed by atoms with Crippen LogP contribution in [-0.4, -0.2) is 35.7 Å². The number of alkyl halides is 5. The summed E-state index contributed by atoms with van der Waals surface area (Å²) in [7, 11) is 3.34. The van der Waals surface area contributed by atoms with Gasteiger partial charge in [-0.2, -0.15) is 22.0 Å². The lowest BCUT2D eigenvalue weighted by Gasteiger charge is -2.25. The van der Waals surface area contributed by atoms with Gasteiger partial charge in [0.15, 0.2) is 0 Å². The SMILES string of the molecule is CN(C)c1cc(-c2ccc(C(F)(F)F)cc2)c(F)cc1N(C=O)Cc1ccc(-c2nnc(C(F)F)o2)cn1. The van der Waals surface area contributed by atoms with Crippen LogP contribution in [0.5, 0.6) is 0 Å². The maximum atomic E-state index is 15.2. The third-order valence-electron chi connectivity index (χ3n) is 5.54. The quantitative estimate of drug-likeness (QED) is 0.200. The Morgan fingerprint density at radius 3 is 2.18 bits per heavy atom. The molecule has 38 heavy (non-hydrogen) atoms. The molecule has 0 radical (unpaired) electrons. The predicted molar refractivity (Wildman–Crippen MR) is 126 cm³/mol. The fourth-order valence-electron chi connectivity index (χ4n) is 3.64. The van der Waals surface area contributed by atoms with Gasteiger partial charge in [-0.1, -0.05) is 12.1 Å². The van der Waals surface area contributed by atoms with Gasteiger partial charge < -0.3 is 14.2 Å². The van der Waals surface area contributed by atoms with E-state index in [4.69, 9.17) is 4.42 Å². The molecule has 0 bridgehead atoms. The van der Waals surface area contributed by atoms with Crippen LogP contribution in [0.2, 0.25) is 0 Å². The number of carbonyl (C=O) groups excluding carboxylic acids is 1. The van der Waals surface area contributed by atoms with Crippen LogP contribution in [0.1, 0.15) is 23.6 Å². The number of benzene rings is 2. The number of nitrogens with zero attached hydrogens (tertiary/aromatic N) is 5. The van der Waals surface area contributed by atoms with Crippen LogP contribution in [0.15, 0.2) is 59.1 Å². The zero-order chi connectivity index (χ0) is 27.6. The summed E-state index contributed by atoms with van der Waals surface area (Å²) in [5, 5.41) is 6.80. The number of carbonyl (C=O) groups is 1. The van der Waals surface area contributed by atoms with Gasteiger partial charge in [0.1, 0.15) is 5.82 Å². The minimum absolute atomic E-state index is 0.0576. The molecular formula is C25H19F6N5O2. The van der Waals surface area contributed by atoms with E-state index in [-0.39, 0.29) is 34.8 Å². The molecule has 13 heteroatoms. The summed E-state index contributed by atoms with van der Waals surface area (Å²) in [5.74, 6) is -1.72. The lowest BCUT2D eigenvalue weighted by Crippen LogP contribution is -2.24. The lowest BCUT2D eigenvalue weighted by molar-refractivity contribution is -0.137. The van der Waals surface area contributed by atoms with Crippen molar-refractivity contribution in [2.45, 2.75) is 19.1 Å². The van der Waals surface area contributed by atoms with E-state index < -0.39 is 29.9 Å². The molecule has 0 spiro atoms. The van der Waals surface area contributed by atoms with Gasteiger partial charge >= 0.3 is 12.6 Å². The van der Waals surface area contributed by atoms with E-state index in [1.165, 1.54) is 41.4 Å². The first-order valence-electron chi connectivity index (χ1n) is 10.9. The number of anilines is 2. The van der Waals surface area contributed by atoms with Gasteiger partial charge in [0, 0.05) is 31.9 Å². The van der Waals surface area contributed by atoms with Crippen LogP contribution in [-0.2, 0) is 17.5 Å². The number of amides is 1. The van der Waals surface area contributed by atoms with Crippen molar-refractivity contribution in [3.63, 3.8) is 0 Å². The molecule has 4 aromatic rings. The van der Waals surface area contributed by atoms with E-state index in [9.17, 15) is 26.7 Å². The molecule has 2 aromatic carbocycles. The van der Waals surface area contributed by atoms with Crippen molar-refractivity contribution in [2.75, 3.05) is 23.9 Å². The van der Waals surface area contributed by atoms with E-state index in [0.717, 1.165) is 18.2 Å². The number of hydrogen-bond donors (Lipinski definition) is 0. The average molecular weight is 535 g/mol. The zero-order valence-corrected chi connectivity index (χ0v) is 19.9. The molecule has 198 valence electrons. The molecule has 0 N–H and O–H groups in total. The molecule has 0 saturated carbocycles. The largest absolute Gasteiger partial charge is 0.416 e. The molecule has 0 aliphatic carbocycles. The Kier molecular flexibility index (Phi) is 7.37. The lowest BCUT2D eigenvalue weighted by atomic mass is 10.0. The van der Waals surface area contributed by atoms with Gasteiger partial charge in [-0.05, 0) is 35.9 Å². The molecule has 0 atom stereocenters. The van der Waals surface area contributed by atoms with Crippen LogP contribution in [0.3, 0.4) is 0 Å². The molecule has 0 aliphatic rings. The number of rotatable bonds is 8. The molecular weight excluding hydrogens is 516 g/mol. The molecule has 2 aromatic heterocycles. The standard InChI is InChI=1S/C25H19F6N5O2/c1-35(2)20-9-18(14-3-6-16(7-4-14)25(29,30)31)19(26)10-21(20)36(13-37)12-17-8-5-15(11-32-17)23-33-34-24(38-23)22(27)28/h3-11,13,22H,12H2,1-2H3. The fourth-order valence-corrected chi connectivity index (χ4v) is 3.64. The van der Waals surface area contributed by atoms with Crippen molar-refractivity contribution >= 4 is 17.8 Å². The molecule has 0 fully saturated rings. The molecule has 4 rings (SSSR count). The van der Waals surface area contributed by atoms with Gasteiger partial charge in [0.25, 0.3) is 5.89 Å². The van der Waals surface area contributed by atoms with Crippen LogP contribution >= 0.6 is 0 Å². The Balaban J connectivity index is 1.61. The Hall–Kier alpha value is -4.42. The Morgan fingerprint density at radius 1 is 0.974 bits per heavy atom.